The first-order chi connectivity index (χ1) is 12.8. The molecule has 1 spiro atoms. The second-order valence-electron chi connectivity index (χ2n) is 8.50. The highest BCUT2D eigenvalue weighted by molar-refractivity contribution is 5.93. The van der Waals surface area contributed by atoms with E-state index in [0.717, 1.165) is 43.7 Å². The van der Waals surface area contributed by atoms with Gasteiger partial charge in [-0.25, -0.2) is 9.37 Å². The zero-order valence-corrected chi connectivity index (χ0v) is 16.2. The molecule has 0 bridgehead atoms. The number of rotatable bonds is 2. The minimum Gasteiger partial charge on any atom is -0.364 e. The maximum atomic E-state index is 13.4. The van der Waals surface area contributed by atoms with Crippen molar-refractivity contribution >= 4 is 11.6 Å². The van der Waals surface area contributed by atoms with Gasteiger partial charge in [0.15, 0.2) is 0 Å². The fraction of sp³-hybridized carbons (Fsp3) is 0.455. The minimum absolute atomic E-state index is 0.0213. The molecular formula is C22H26FN3O. The van der Waals surface area contributed by atoms with Crippen LogP contribution >= 0.6 is 0 Å². The molecule has 2 aromatic rings. The monoisotopic (exact) mass is 367 g/mol. The van der Waals surface area contributed by atoms with Gasteiger partial charge >= 0.3 is 0 Å². The second-order valence-corrected chi connectivity index (χ2v) is 8.50. The third-order valence-electron chi connectivity index (χ3n) is 6.03. The number of aryl methyl sites for hydroxylation is 1. The van der Waals surface area contributed by atoms with Crippen LogP contribution in [0, 0.1) is 12.7 Å². The second kappa shape index (κ2) is 6.32. The highest BCUT2D eigenvalue weighted by atomic mass is 19.1. The molecule has 1 aromatic carbocycles. The number of amides is 1. The Balaban J connectivity index is 1.66. The smallest absolute Gasteiger partial charge is 0.272 e. The molecule has 2 aliphatic heterocycles. The number of nitrogens with zero attached hydrogens (tertiary/aromatic N) is 3. The molecule has 4 rings (SSSR count). The van der Waals surface area contributed by atoms with Gasteiger partial charge in [-0.3, -0.25) is 4.79 Å². The van der Waals surface area contributed by atoms with Gasteiger partial charge in [-0.2, -0.15) is 0 Å². The molecule has 1 atom stereocenters. The predicted octanol–water partition coefficient (Wildman–Crippen LogP) is 4.19. The van der Waals surface area contributed by atoms with Crippen molar-refractivity contribution in [3.05, 3.63) is 59.7 Å². The summed E-state index contributed by atoms with van der Waals surface area (Å²) in [4.78, 5) is 22.1. The fourth-order valence-corrected chi connectivity index (χ4v) is 4.93. The topological polar surface area (TPSA) is 36.4 Å². The van der Waals surface area contributed by atoms with Crippen molar-refractivity contribution in [3.63, 3.8) is 0 Å². The van der Waals surface area contributed by atoms with Gasteiger partial charge in [0, 0.05) is 30.0 Å². The Morgan fingerprint density at radius 1 is 1.15 bits per heavy atom. The van der Waals surface area contributed by atoms with Crippen LogP contribution in [-0.4, -0.2) is 40.0 Å². The lowest BCUT2D eigenvalue weighted by Crippen LogP contribution is -2.49. The first-order valence-corrected chi connectivity index (χ1v) is 9.60. The van der Waals surface area contributed by atoms with E-state index < -0.39 is 0 Å². The number of hydrogen-bond donors (Lipinski definition) is 0. The van der Waals surface area contributed by atoms with Gasteiger partial charge in [0.1, 0.15) is 11.5 Å². The van der Waals surface area contributed by atoms with Crippen LogP contribution in [-0.2, 0) is 0 Å². The van der Waals surface area contributed by atoms with Crippen LogP contribution in [0.1, 0.15) is 49.3 Å². The summed E-state index contributed by atoms with van der Waals surface area (Å²) < 4.78 is 13.4. The van der Waals surface area contributed by atoms with Gasteiger partial charge in [-0.05, 0) is 76.4 Å². The van der Waals surface area contributed by atoms with E-state index in [0.29, 0.717) is 5.69 Å². The number of pyridine rings is 1. The lowest BCUT2D eigenvalue weighted by molar-refractivity contribution is 0.0611. The SMILES string of the molecule is Cc1cccc(C(=O)N2CCCC23CN(c2ccc(F)cc2)C(C)(C)C3)n1. The Labute approximate surface area is 160 Å². The van der Waals surface area contributed by atoms with Crippen LogP contribution in [0.3, 0.4) is 0 Å². The number of halogens is 1. The molecule has 1 aromatic heterocycles. The van der Waals surface area contributed by atoms with E-state index in [2.05, 4.69) is 23.7 Å². The van der Waals surface area contributed by atoms with E-state index >= 15 is 0 Å². The Bertz CT molecular complexity index is 864. The summed E-state index contributed by atoms with van der Waals surface area (Å²) in [6.07, 6.45) is 2.89. The van der Waals surface area contributed by atoms with Crippen LogP contribution in [0.5, 0.6) is 0 Å². The van der Waals surface area contributed by atoms with E-state index in [1.807, 2.05) is 36.1 Å². The van der Waals surface area contributed by atoms with Crippen LogP contribution in [0.4, 0.5) is 10.1 Å². The Hall–Kier alpha value is -2.43. The molecule has 4 nitrogen and oxygen atoms in total. The number of aromatic nitrogens is 1. The third kappa shape index (κ3) is 3.09. The zero-order chi connectivity index (χ0) is 19.2. The summed E-state index contributed by atoms with van der Waals surface area (Å²) in [5, 5.41) is 0. The largest absolute Gasteiger partial charge is 0.364 e. The van der Waals surface area contributed by atoms with Crippen molar-refractivity contribution in [1.82, 2.24) is 9.88 Å². The summed E-state index contributed by atoms with van der Waals surface area (Å²) in [5.41, 5.74) is 2.08. The quantitative estimate of drug-likeness (QED) is 0.798. The highest BCUT2D eigenvalue weighted by Crippen LogP contribution is 2.47. The Kier molecular flexibility index (Phi) is 4.21. The lowest BCUT2D eigenvalue weighted by atomic mass is 9.87. The Morgan fingerprint density at radius 2 is 1.89 bits per heavy atom. The van der Waals surface area contributed by atoms with Gasteiger partial charge in [-0.1, -0.05) is 6.07 Å². The number of carbonyl (C=O) groups is 1. The molecule has 2 saturated heterocycles. The van der Waals surface area contributed by atoms with E-state index in [4.69, 9.17) is 0 Å². The van der Waals surface area contributed by atoms with Gasteiger partial charge < -0.3 is 9.80 Å². The summed E-state index contributed by atoms with van der Waals surface area (Å²) in [5.74, 6) is -0.207. The van der Waals surface area contributed by atoms with E-state index in [1.54, 1.807) is 6.07 Å². The average molecular weight is 367 g/mol. The predicted molar refractivity (Wildman–Crippen MR) is 104 cm³/mol. The van der Waals surface area contributed by atoms with E-state index in [-0.39, 0.29) is 22.8 Å². The highest BCUT2D eigenvalue weighted by Gasteiger charge is 2.55. The maximum Gasteiger partial charge on any atom is 0.272 e. The summed E-state index contributed by atoms with van der Waals surface area (Å²) in [6.45, 7) is 7.85. The lowest BCUT2D eigenvalue weighted by Gasteiger charge is -2.35. The number of carbonyl (C=O) groups excluding carboxylic acids is 1. The van der Waals surface area contributed by atoms with Gasteiger partial charge in [0.2, 0.25) is 0 Å². The molecule has 2 fully saturated rings. The fourth-order valence-electron chi connectivity index (χ4n) is 4.93. The van der Waals surface area contributed by atoms with Crippen LogP contribution in [0.2, 0.25) is 0 Å². The van der Waals surface area contributed by atoms with E-state index in [9.17, 15) is 9.18 Å². The number of likely N-dealkylation sites (tertiary alicyclic amines) is 1. The summed E-state index contributed by atoms with van der Waals surface area (Å²) in [7, 11) is 0. The van der Waals surface area contributed by atoms with Crippen molar-refractivity contribution in [2.75, 3.05) is 18.0 Å². The number of anilines is 1. The molecule has 1 amide bonds. The molecular weight excluding hydrogens is 341 g/mol. The number of benzene rings is 1. The molecule has 1 unspecified atom stereocenters. The van der Waals surface area contributed by atoms with Gasteiger partial charge in [0.05, 0.1) is 5.54 Å². The third-order valence-corrected chi connectivity index (χ3v) is 6.03. The first-order valence-electron chi connectivity index (χ1n) is 9.60. The van der Waals surface area contributed by atoms with Crippen LogP contribution in [0.25, 0.3) is 0 Å². The van der Waals surface area contributed by atoms with Crippen molar-refractivity contribution < 1.29 is 9.18 Å². The van der Waals surface area contributed by atoms with E-state index in [1.165, 1.54) is 12.1 Å². The molecule has 2 aliphatic rings. The number of hydrogen-bond acceptors (Lipinski definition) is 3. The molecule has 0 radical (unpaired) electrons. The molecule has 0 aliphatic carbocycles. The van der Waals surface area contributed by atoms with Crippen molar-refractivity contribution in [2.45, 2.75) is 51.1 Å². The van der Waals surface area contributed by atoms with Crippen molar-refractivity contribution in [3.8, 4) is 0 Å². The molecule has 0 N–H and O–H groups in total. The average Bonchev–Trinajstić information content (AvgIpc) is 3.14. The molecule has 3 heterocycles. The normalized spacial score (nSPS) is 24.0. The van der Waals surface area contributed by atoms with Crippen LogP contribution < -0.4 is 4.90 Å². The minimum atomic E-state index is -0.228. The standard InChI is InChI=1S/C22H26FN3O/c1-16-6-4-7-19(24-16)20(27)25-13-5-12-22(25)14-21(2,3)26(15-22)18-10-8-17(23)9-11-18/h4,6-11H,5,12-15H2,1-3H3. The first kappa shape index (κ1) is 18.0. The zero-order valence-electron chi connectivity index (χ0n) is 16.2. The van der Waals surface area contributed by atoms with Crippen molar-refractivity contribution in [2.24, 2.45) is 0 Å². The Morgan fingerprint density at radius 3 is 2.59 bits per heavy atom. The van der Waals surface area contributed by atoms with Gasteiger partial charge in [0.25, 0.3) is 5.91 Å². The summed E-state index contributed by atoms with van der Waals surface area (Å²) in [6, 6.07) is 12.3. The van der Waals surface area contributed by atoms with Crippen molar-refractivity contribution in [1.29, 1.82) is 0 Å². The molecule has 142 valence electrons. The van der Waals surface area contributed by atoms with Gasteiger partial charge in [-0.15, -0.1) is 0 Å². The summed E-state index contributed by atoms with van der Waals surface area (Å²) >= 11 is 0. The molecule has 27 heavy (non-hydrogen) atoms. The van der Waals surface area contributed by atoms with Crippen LogP contribution in [0.15, 0.2) is 42.5 Å². The molecule has 5 heteroatoms. The maximum absolute atomic E-state index is 13.4. The molecule has 0 saturated carbocycles.